The number of nitrogens with zero attached hydrogens (tertiary/aromatic N) is 2. The Balaban J connectivity index is 2.84. The molecule has 0 saturated heterocycles. The lowest BCUT2D eigenvalue weighted by molar-refractivity contribution is -0.384. The fraction of sp³-hybridized carbons (Fsp3) is 0.538. The van der Waals surface area contributed by atoms with E-state index in [0.29, 0.717) is 25.4 Å². The first-order chi connectivity index (χ1) is 9.63. The second-order valence-corrected chi connectivity index (χ2v) is 4.28. The SMILES string of the molecule is CCOCCN(CC)Cc1cccc([N+](=O)[O-])c1NN. The Morgan fingerprint density at radius 2 is 2.20 bits per heavy atom. The van der Waals surface area contributed by atoms with E-state index in [-0.39, 0.29) is 5.69 Å². The number of nitrogens with two attached hydrogens (primary N) is 1. The van der Waals surface area contributed by atoms with Crippen molar-refractivity contribution in [2.75, 3.05) is 31.7 Å². The van der Waals surface area contributed by atoms with Crippen LogP contribution in [0.1, 0.15) is 19.4 Å². The Hall–Kier alpha value is -1.70. The zero-order valence-electron chi connectivity index (χ0n) is 12.0. The lowest BCUT2D eigenvalue weighted by Gasteiger charge is -2.21. The highest BCUT2D eigenvalue weighted by Gasteiger charge is 2.17. The Morgan fingerprint density at radius 1 is 1.45 bits per heavy atom. The summed E-state index contributed by atoms with van der Waals surface area (Å²) >= 11 is 0. The van der Waals surface area contributed by atoms with Crippen LogP contribution in [-0.4, -0.2) is 36.1 Å². The molecule has 3 N–H and O–H groups in total. The number of nitro benzene ring substituents is 1. The summed E-state index contributed by atoms with van der Waals surface area (Å²) in [5.41, 5.74) is 3.61. The number of hydrogen-bond acceptors (Lipinski definition) is 6. The maximum atomic E-state index is 11.0. The van der Waals surface area contributed by atoms with Crippen LogP contribution in [0.3, 0.4) is 0 Å². The summed E-state index contributed by atoms with van der Waals surface area (Å²) in [7, 11) is 0. The molecule has 0 fully saturated rings. The van der Waals surface area contributed by atoms with Crippen molar-refractivity contribution < 1.29 is 9.66 Å². The van der Waals surface area contributed by atoms with Crippen molar-refractivity contribution in [1.82, 2.24) is 4.90 Å². The molecule has 0 unspecified atom stereocenters. The summed E-state index contributed by atoms with van der Waals surface area (Å²) in [6.45, 7) is 7.52. The van der Waals surface area contributed by atoms with E-state index in [1.54, 1.807) is 6.07 Å². The van der Waals surface area contributed by atoms with Gasteiger partial charge in [-0.25, -0.2) is 0 Å². The Morgan fingerprint density at radius 3 is 2.75 bits per heavy atom. The number of nitrogens with one attached hydrogen (secondary N) is 1. The number of likely N-dealkylation sites (N-methyl/N-ethyl adjacent to an activating group) is 1. The van der Waals surface area contributed by atoms with Gasteiger partial charge in [0.2, 0.25) is 0 Å². The van der Waals surface area contributed by atoms with Gasteiger partial charge in [-0.05, 0) is 19.0 Å². The minimum atomic E-state index is -0.435. The van der Waals surface area contributed by atoms with Crippen molar-refractivity contribution in [1.29, 1.82) is 0 Å². The number of hydrazine groups is 1. The number of anilines is 1. The fourth-order valence-electron chi connectivity index (χ4n) is 1.96. The van der Waals surface area contributed by atoms with Gasteiger partial charge in [0.25, 0.3) is 5.69 Å². The Bertz CT molecular complexity index is 440. The van der Waals surface area contributed by atoms with E-state index in [1.807, 2.05) is 19.9 Å². The van der Waals surface area contributed by atoms with Gasteiger partial charge in [0, 0.05) is 25.8 Å². The van der Waals surface area contributed by atoms with Gasteiger partial charge in [-0.15, -0.1) is 0 Å². The molecule has 7 nitrogen and oxygen atoms in total. The number of benzene rings is 1. The van der Waals surface area contributed by atoms with Gasteiger partial charge >= 0.3 is 0 Å². The summed E-state index contributed by atoms with van der Waals surface area (Å²) in [4.78, 5) is 12.7. The molecule has 1 aromatic rings. The highest BCUT2D eigenvalue weighted by molar-refractivity contribution is 5.65. The van der Waals surface area contributed by atoms with Gasteiger partial charge in [0.1, 0.15) is 5.69 Å². The molecule has 0 aliphatic heterocycles. The second-order valence-electron chi connectivity index (χ2n) is 4.28. The maximum absolute atomic E-state index is 11.0. The lowest BCUT2D eigenvalue weighted by Crippen LogP contribution is -2.28. The highest BCUT2D eigenvalue weighted by Crippen LogP contribution is 2.28. The molecule has 0 heterocycles. The van der Waals surface area contributed by atoms with Crippen molar-refractivity contribution >= 4 is 11.4 Å². The van der Waals surface area contributed by atoms with Crippen LogP contribution in [0.25, 0.3) is 0 Å². The van der Waals surface area contributed by atoms with E-state index in [4.69, 9.17) is 10.6 Å². The molecule has 0 aliphatic carbocycles. The molecule has 0 radical (unpaired) electrons. The Kier molecular flexibility index (Phi) is 6.92. The maximum Gasteiger partial charge on any atom is 0.293 e. The number of para-hydroxylation sites is 1. The van der Waals surface area contributed by atoms with Crippen molar-refractivity contribution in [3.63, 3.8) is 0 Å². The molecule has 0 atom stereocenters. The lowest BCUT2D eigenvalue weighted by atomic mass is 10.1. The quantitative estimate of drug-likeness (QED) is 0.310. The molecular formula is C13H22N4O3. The molecule has 0 aliphatic rings. The van der Waals surface area contributed by atoms with Crippen LogP contribution in [0.5, 0.6) is 0 Å². The molecule has 0 saturated carbocycles. The standard InChI is InChI=1S/C13H22N4O3/c1-3-16(8-9-20-4-2)10-11-6-5-7-12(17(18)19)13(11)15-14/h5-7,15H,3-4,8-10,14H2,1-2H3. The van der Waals surface area contributed by atoms with Gasteiger partial charge in [-0.3, -0.25) is 20.9 Å². The van der Waals surface area contributed by atoms with Crippen LogP contribution in [0.2, 0.25) is 0 Å². The van der Waals surface area contributed by atoms with Gasteiger partial charge in [-0.1, -0.05) is 19.1 Å². The van der Waals surface area contributed by atoms with Crippen LogP contribution < -0.4 is 11.3 Å². The first-order valence-electron chi connectivity index (χ1n) is 6.67. The minimum Gasteiger partial charge on any atom is -0.380 e. The summed E-state index contributed by atoms with van der Waals surface area (Å²) < 4.78 is 5.33. The zero-order chi connectivity index (χ0) is 15.0. The number of rotatable bonds is 9. The number of ether oxygens (including phenoxy) is 1. The average Bonchev–Trinajstić information content (AvgIpc) is 2.45. The number of nitrogen functional groups attached to an aromatic ring is 1. The van der Waals surface area contributed by atoms with E-state index in [9.17, 15) is 10.1 Å². The summed E-state index contributed by atoms with van der Waals surface area (Å²) in [5, 5.41) is 11.0. The van der Waals surface area contributed by atoms with Crippen LogP contribution in [-0.2, 0) is 11.3 Å². The first-order valence-corrected chi connectivity index (χ1v) is 6.67. The normalized spacial score (nSPS) is 10.8. The van der Waals surface area contributed by atoms with E-state index in [0.717, 1.165) is 18.7 Å². The van der Waals surface area contributed by atoms with E-state index < -0.39 is 4.92 Å². The zero-order valence-corrected chi connectivity index (χ0v) is 12.0. The summed E-state index contributed by atoms with van der Waals surface area (Å²) in [6, 6.07) is 4.95. The summed E-state index contributed by atoms with van der Waals surface area (Å²) in [5.74, 6) is 5.43. The van der Waals surface area contributed by atoms with Crippen molar-refractivity contribution in [3.8, 4) is 0 Å². The van der Waals surface area contributed by atoms with Gasteiger partial charge in [-0.2, -0.15) is 0 Å². The Labute approximate surface area is 118 Å². The molecule has 7 heteroatoms. The van der Waals surface area contributed by atoms with Gasteiger partial charge in [0.05, 0.1) is 11.5 Å². The molecule has 0 amide bonds. The van der Waals surface area contributed by atoms with Crippen LogP contribution in [0.15, 0.2) is 18.2 Å². The molecule has 20 heavy (non-hydrogen) atoms. The van der Waals surface area contributed by atoms with Crippen LogP contribution >= 0.6 is 0 Å². The number of nitro groups is 1. The smallest absolute Gasteiger partial charge is 0.293 e. The second kappa shape index (κ2) is 8.47. The van der Waals surface area contributed by atoms with Gasteiger partial charge < -0.3 is 10.2 Å². The molecule has 1 rings (SSSR count). The first kappa shape index (κ1) is 16.4. The van der Waals surface area contributed by atoms with Gasteiger partial charge in [0.15, 0.2) is 0 Å². The van der Waals surface area contributed by atoms with E-state index in [2.05, 4.69) is 10.3 Å². The van der Waals surface area contributed by atoms with E-state index in [1.165, 1.54) is 6.07 Å². The molecule has 112 valence electrons. The average molecular weight is 282 g/mol. The fourth-order valence-corrected chi connectivity index (χ4v) is 1.96. The third kappa shape index (κ3) is 4.44. The molecule has 1 aromatic carbocycles. The van der Waals surface area contributed by atoms with Crippen molar-refractivity contribution in [2.45, 2.75) is 20.4 Å². The predicted octanol–water partition coefficient (Wildman–Crippen LogP) is 1.74. The van der Waals surface area contributed by atoms with Crippen LogP contribution in [0, 0.1) is 10.1 Å². The van der Waals surface area contributed by atoms with E-state index >= 15 is 0 Å². The monoisotopic (exact) mass is 282 g/mol. The topological polar surface area (TPSA) is 93.7 Å². The predicted molar refractivity (Wildman–Crippen MR) is 78.4 cm³/mol. The van der Waals surface area contributed by atoms with Crippen LogP contribution in [0.4, 0.5) is 11.4 Å². The van der Waals surface area contributed by atoms with Crippen molar-refractivity contribution in [3.05, 3.63) is 33.9 Å². The van der Waals surface area contributed by atoms with Crippen molar-refractivity contribution in [2.24, 2.45) is 5.84 Å². The molecule has 0 bridgehead atoms. The third-order valence-electron chi connectivity index (χ3n) is 3.07. The minimum absolute atomic E-state index is 0.00846. The third-order valence-corrected chi connectivity index (χ3v) is 3.07. The molecular weight excluding hydrogens is 260 g/mol. The summed E-state index contributed by atoms with van der Waals surface area (Å²) in [6.07, 6.45) is 0. The highest BCUT2D eigenvalue weighted by atomic mass is 16.6. The molecule has 0 spiro atoms. The molecule has 0 aromatic heterocycles. The number of hydrogen-bond donors (Lipinski definition) is 2. The largest absolute Gasteiger partial charge is 0.380 e.